The third kappa shape index (κ3) is 2.76. The van der Waals surface area contributed by atoms with Crippen molar-refractivity contribution in [3.05, 3.63) is 35.1 Å². The van der Waals surface area contributed by atoms with Gasteiger partial charge in [-0.05, 0) is 74.1 Å². The Balaban J connectivity index is 1.73. The molecule has 0 radical (unpaired) electrons. The molecule has 0 aliphatic heterocycles. The van der Waals surface area contributed by atoms with Crippen LogP contribution in [0.15, 0.2) is 18.2 Å². The Morgan fingerprint density at radius 3 is 2.75 bits per heavy atom. The Labute approximate surface area is 122 Å². The number of rotatable bonds is 5. The molecule has 0 heterocycles. The summed E-state index contributed by atoms with van der Waals surface area (Å²) < 4.78 is 13.5. The maximum absolute atomic E-state index is 13.5. The lowest BCUT2D eigenvalue weighted by Crippen LogP contribution is -2.25. The number of hydrogen-bond donors (Lipinski definition) is 1. The van der Waals surface area contributed by atoms with Crippen LogP contribution in [0.2, 0.25) is 0 Å². The molecule has 1 aromatic carbocycles. The highest BCUT2D eigenvalue weighted by Crippen LogP contribution is 2.50. The molecule has 0 spiro atoms. The number of fused-ring (bicyclic) bond motifs is 2. The highest BCUT2D eigenvalue weighted by Gasteiger charge is 2.40. The molecule has 4 atom stereocenters. The summed E-state index contributed by atoms with van der Waals surface area (Å²) >= 11 is 0. The molecule has 2 saturated carbocycles. The molecule has 110 valence electrons. The molecule has 4 unspecified atom stereocenters. The van der Waals surface area contributed by atoms with Crippen LogP contribution in [0.4, 0.5) is 4.39 Å². The predicted octanol–water partition coefficient (Wildman–Crippen LogP) is 4.61. The van der Waals surface area contributed by atoms with Gasteiger partial charge in [-0.15, -0.1) is 0 Å². The van der Waals surface area contributed by atoms with Crippen molar-refractivity contribution in [3.63, 3.8) is 0 Å². The number of nitrogens with one attached hydrogen (secondary N) is 1. The predicted molar refractivity (Wildman–Crippen MR) is 81.1 cm³/mol. The molecular weight excluding hydrogens is 249 g/mol. The number of hydrogen-bond acceptors (Lipinski definition) is 1. The van der Waals surface area contributed by atoms with Crippen LogP contribution in [-0.4, -0.2) is 6.54 Å². The summed E-state index contributed by atoms with van der Waals surface area (Å²) in [5, 5.41) is 3.61. The van der Waals surface area contributed by atoms with Gasteiger partial charge in [0, 0.05) is 6.04 Å². The van der Waals surface area contributed by atoms with Crippen molar-refractivity contribution in [2.24, 2.45) is 17.8 Å². The van der Waals surface area contributed by atoms with Crippen molar-refractivity contribution in [3.8, 4) is 0 Å². The van der Waals surface area contributed by atoms with Gasteiger partial charge < -0.3 is 5.32 Å². The Hall–Kier alpha value is -0.890. The molecule has 0 aromatic heterocycles. The largest absolute Gasteiger partial charge is 0.310 e. The van der Waals surface area contributed by atoms with Gasteiger partial charge in [0.1, 0.15) is 5.82 Å². The summed E-state index contributed by atoms with van der Waals surface area (Å²) in [7, 11) is 0. The Bertz CT molecular complexity index is 470. The van der Waals surface area contributed by atoms with Crippen LogP contribution >= 0.6 is 0 Å². The van der Waals surface area contributed by atoms with E-state index in [1.54, 1.807) is 6.07 Å². The van der Waals surface area contributed by atoms with Gasteiger partial charge in [0.15, 0.2) is 0 Å². The van der Waals surface area contributed by atoms with E-state index in [9.17, 15) is 4.39 Å². The molecule has 2 aliphatic carbocycles. The summed E-state index contributed by atoms with van der Waals surface area (Å²) in [6, 6.07) is 6.00. The smallest absolute Gasteiger partial charge is 0.126 e. The lowest BCUT2D eigenvalue weighted by molar-refractivity contribution is 0.280. The molecule has 0 saturated heterocycles. The van der Waals surface area contributed by atoms with E-state index < -0.39 is 0 Å². The van der Waals surface area contributed by atoms with Gasteiger partial charge in [-0.3, -0.25) is 0 Å². The first-order valence-corrected chi connectivity index (χ1v) is 8.16. The van der Waals surface area contributed by atoms with E-state index in [1.165, 1.54) is 37.7 Å². The lowest BCUT2D eigenvalue weighted by Gasteiger charge is -2.27. The summed E-state index contributed by atoms with van der Waals surface area (Å²) in [5.41, 5.74) is 2.02. The van der Waals surface area contributed by atoms with E-state index in [1.807, 2.05) is 19.1 Å². The Morgan fingerprint density at radius 2 is 2.15 bits per heavy atom. The van der Waals surface area contributed by atoms with E-state index in [0.717, 1.165) is 29.9 Å². The van der Waals surface area contributed by atoms with Crippen LogP contribution in [-0.2, 0) is 0 Å². The minimum atomic E-state index is -0.0936. The van der Waals surface area contributed by atoms with E-state index in [2.05, 4.69) is 12.2 Å². The first-order chi connectivity index (χ1) is 9.67. The van der Waals surface area contributed by atoms with Crippen molar-refractivity contribution in [2.75, 3.05) is 6.54 Å². The van der Waals surface area contributed by atoms with Gasteiger partial charge in [0.2, 0.25) is 0 Å². The van der Waals surface area contributed by atoms with Crippen LogP contribution in [0, 0.1) is 30.5 Å². The Morgan fingerprint density at radius 1 is 1.30 bits per heavy atom. The molecule has 0 amide bonds. The summed E-state index contributed by atoms with van der Waals surface area (Å²) in [6.07, 6.45) is 7.01. The highest BCUT2D eigenvalue weighted by molar-refractivity contribution is 5.26. The van der Waals surface area contributed by atoms with Gasteiger partial charge in [0.25, 0.3) is 0 Å². The average Bonchev–Trinajstić information content (AvgIpc) is 3.04. The van der Waals surface area contributed by atoms with Crippen molar-refractivity contribution in [2.45, 2.75) is 52.0 Å². The quantitative estimate of drug-likeness (QED) is 0.827. The molecule has 3 rings (SSSR count). The molecule has 20 heavy (non-hydrogen) atoms. The van der Waals surface area contributed by atoms with E-state index in [4.69, 9.17) is 0 Å². The minimum absolute atomic E-state index is 0.0936. The van der Waals surface area contributed by atoms with Crippen LogP contribution in [0.25, 0.3) is 0 Å². The number of halogens is 1. The first kappa shape index (κ1) is 14.1. The van der Waals surface area contributed by atoms with E-state index >= 15 is 0 Å². The number of benzene rings is 1. The van der Waals surface area contributed by atoms with Crippen molar-refractivity contribution >= 4 is 0 Å². The SMILES string of the molecule is CCNC(CC1CC2CCC1C2)c1ccc(F)c(C)c1. The Kier molecular flexibility index (Phi) is 4.11. The molecule has 1 N–H and O–H groups in total. The minimum Gasteiger partial charge on any atom is -0.310 e. The highest BCUT2D eigenvalue weighted by atomic mass is 19.1. The summed E-state index contributed by atoms with van der Waals surface area (Å²) in [6.45, 7) is 4.99. The third-order valence-electron chi connectivity index (χ3n) is 5.46. The number of aryl methyl sites for hydroxylation is 1. The standard InChI is InChI=1S/C18H26FN/c1-3-20-18(15-6-7-17(19)12(2)8-15)11-16-10-13-4-5-14(16)9-13/h6-8,13-14,16,18,20H,3-5,9-11H2,1-2H3. The van der Waals surface area contributed by atoms with Crippen LogP contribution < -0.4 is 5.32 Å². The molecular formula is C18H26FN. The van der Waals surface area contributed by atoms with Gasteiger partial charge in [-0.25, -0.2) is 4.39 Å². The normalized spacial score (nSPS) is 29.9. The monoisotopic (exact) mass is 275 g/mol. The van der Waals surface area contributed by atoms with Gasteiger partial charge in [-0.2, -0.15) is 0 Å². The third-order valence-corrected chi connectivity index (χ3v) is 5.46. The fourth-order valence-corrected chi connectivity index (χ4v) is 4.44. The summed E-state index contributed by atoms with van der Waals surface area (Å²) in [4.78, 5) is 0. The van der Waals surface area contributed by atoms with Crippen molar-refractivity contribution in [1.82, 2.24) is 5.32 Å². The topological polar surface area (TPSA) is 12.0 Å². The maximum Gasteiger partial charge on any atom is 0.126 e. The van der Waals surface area contributed by atoms with Gasteiger partial charge in [0.05, 0.1) is 0 Å². The fraction of sp³-hybridized carbons (Fsp3) is 0.667. The molecule has 1 aromatic rings. The average molecular weight is 275 g/mol. The fourth-order valence-electron chi connectivity index (χ4n) is 4.44. The first-order valence-electron chi connectivity index (χ1n) is 8.16. The second kappa shape index (κ2) is 5.85. The molecule has 2 aliphatic rings. The van der Waals surface area contributed by atoms with Crippen LogP contribution in [0.3, 0.4) is 0 Å². The zero-order chi connectivity index (χ0) is 14.1. The molecule has 2 heteroatoms. The second-order valence-electron chi connectivity index (χ2n) is 6.79. The maximum atomic E-state index is 13.5. The van der Waals surface area contributed by atoms with Gasteiger partial charge >= 0.3 is 0 Å². The van der Waals surface area contributed by atoms with E-state index in [-0.39, 0.29) is 5.82 Å². The summed E-state index contributed by atoms with van der Waals surface area (Å²) in [5.74, 6) is 2.75. The van der Waals surface area contributed by atoms with E-state index in [0.29, 0.717) is 6.04 Å². The second-order valence-corrected chi connectivity index (χ2v) is 6.79. The van der Waals surface area contributed by atoms with Crippen molar-refractivity contribution < 1.29 is 4.39 Å². The zero-order valence-electron chi connectivity index (χ0n) is 12.7. The molecule has 2 bridgehead atoms. The molecule has 1 nitrogen and oxygen atoms in total. The zero-order valence-corrected chi connectivity index (χ0v) is 12.7. The lowest BCUT2D eigenvalue weighted by atomic mass is 9.82. The van der Waals surface area contributed by atoms with Crippen LogP contribution in [0.5, 0.6) is 0 Å². The van der Waals surface area contributed by atoms with Crippen LogP contribution in [0.1, 0.15) is 56.2 Å². The van der Waals surface area contributed by atoms with Crippen molar-refractivity contribution in [1.29, 1.82) is 0 Å². The molecule has 2 fully saturated rings. The van der Waals surface area contributed by atoms with Gasteiger partial charge in [-0.1, -0.05) is 25.5 Å².